The van der Waals surface area contributed by atoms with Crippen molar-refractivity contribution in [2.75, 3.05) is 22.9 Å². The van der Waals surface area contributed by atoms with E-state index >= 15 is 0 Å². The summed E-state index contributed by atoms with van der Waals surface area (Å²) in [6.07, 6.45) is 0. The van der Waals surface area contributed by atoms with Crippen molar-refractivity contribution in [3.63, 3.8) is 0 Å². The second kappa shape index (κ2) is 13.0. The molecular weight excluding hydrogens is 608 g/mol. The van der Waals surface area contributed by atoms with Crippen molar-refractivity contribution in [3.8, 4) is 11.1 Å². The molecule has 0 saturated carbocycles. The fourth-order valence-electron chi connectivity index (χ4n) is 4.25. The lowest BCUT2D eigenvalue weighted by Gasteiger charge is -2.11. The summed E-state index contributed by atoms with van der Waals surface area (Å²) in [5.41, 5.74) is 30.6. The zero-order valence-corrected chi connectivity index (χ0v) is 25.7. The Bertz CT molecular complexity index is 1930. The van der Waals surface area contributed by atoms with E-state index in [0.717, 1.165) is 22.3 Å². The Morgan fingerprint density at radius 3 is 1.59 bits per heavy atom. The highest BCUT2D eigenvalue weighted by atomic mass is 32.2. The minimum Gasteiger partial charge on any atom is -0.397 e. The van der Waals surface area contributed by atoms with Crippen LogP contribution < -0.4 is 22.9 Å². The predicted octanol–water partition coefficient (Wildman–Crippen LogP) is 7.42. The second-order valence-corrected chi connectivity index (χ2v) is 12.0. The highest BCUT2D eigenvalue weighted by molar-refractivity contribution is 7.94. The molecule has 44 heavy (non-hydrogen) atoms. The van der Waals surface area contributed by atoms with Gasteiger partial charge >= 0.3 is 0 Å². The Balaban J connectivity index is 1.60. The van der Waals surface area contributed by atoms with Crippen LogP contribution in [0.5, 0.6) is 0 Å². The fraction of sp³-hybridized carbons (Fsp3) is 0.143. The van der Waals surface area contributed by atoms with Gasteiger partial charge in [-0.2, -0.15) is 18.6 Å². The molecule has 10 N–H and O–H groups in total. The van der Waals surface area contributed by atoms with E-state index in [9.17, 15) is 13.0 Å². The van der Waals surface area contributed by atoms with Crippen molar-refractivity contribution < 1.29 is 27.6 Å². The van der Waals surface area contributed by atoms with Gasteiger partial charge in [0, 0.05) is 0 Å². The summed E-state index contributed by atoms with van der Waals surface area (Å²) in [4.78, 5) is -0.0420. The molecule has 16 heteroatoms. The van der Waals surface area contributed by atoms with Crippen LogP contribution in [0.25, 0.3) is 11.1 Å². The Labute approximate surface area is 257 Å². The summed E-state index contributed by atoms with van der Waals surface area (Å²) in [6.45, 7) is 7.09. The summed E-state index contributed by atoms with van der Waals surface area (Å²) in [7, 11) is -4.58. The van der Waals surface area contributed by atoms with Gasteiger partial charge in [-0.25, -0.2) is 5.26 Å². The van der Waals surface area contributed by atoms with Gasteiger partial charge in [-0.15, -0.1) is 14.6 Å². The molecule has 230 valence electrons. The Morgan fingerprint density at radius 1 is 0.659 bits per heavy atom. The summed E-state index contributed by atoms with van der Waals surface area (Å²) in [5, 5.41) is 29.1. The number of nitrogens with two attached hydrogens (primary N) is 4. The molecule has 14 nitrogen and oxygen atoms in total. The van der Waals surface area contributed by atoms with Crippen molar-refractivity contribution in [1.29, 1.82) is 0 Å². The molecule has 0 spiro atoms. The lowest BCUT2D eigenvalue weighted by molar-refractivity contribution is -0.432. The second-order valence-electron chi connectivity index (χ2n) is 9.84. The quantitative estimate of drug-likeness (QED) is 0.0263. The van der Waals surface area contributed by atoms with Crippen LogP contribution in [0, 0.1) is 27.7 Å². The number of nitrogen functional groups attached to an aromatic ring is 4. The average molecular weight is 639 g/mol. The predicted molar refractivity (Wildman–Crippen MR) is 170 cm³/mol. The molecule has 0 radical (unpaired) electrons. The van der Waals surface area contributed by atoms with Crippen molar-refractivity contribution >= 4 is 67.7 Å². The van der Waals surface area contributed by atoms with Gasteiger partial charge in [0.2, 0.25) is 0 Å². The molecule has 4 rings (SSSR count). The highest BCUT2D eigenvalue weighted by Gasteiger charge is 2.21. The van der Waals surface area contributed by atoms with Crippen LogP contribution in [-0.2, 0) is 19.5 Å². The zero-order valence-electron chi connectivity index (χ0n) is 24.1. The SMILES string of the molecule is Cc1cc(-c2ccc(N=Nc3c(N)c(C)cc(S(=O)(=O)O)c3N)c(C)c2)ccc1N=Nc1c(N)c(C)cc(SOOO)c1N. The molecule has 0 aliphatic rings. The number of anilines is 4. The van der Waals surface area contributed by atoms with Gasteiger partial charge < -0.3 is 22.9 Å². The third kappa shape index (κ3) is 6.80. The molecule has 4 aromatic carbocycles. The molecule has 4 aromatic rings. The third-order valence-corrected chi connectivity index (χ3v) is 8.31. The number of azo groups is 2. The first-order valence-corrected chi connectivity index (χ1v) is 15.0. The van der Waals surface area contributed by atoms with Crippen LogP contribution in [0.2, 0.25) is 0 Å². The van der Waals surface area contributed by atoms with E-state index < -0.39 is 15.0 Å². The summed E-state index contributed by atoms with van der Waals surface area (Å²) in [5.74, 6) is 0. The maximum absolute atomic E-state index is 11.7. The summed E-state index contributed by atoms with van der Waals surface area (Å²) < 4.78 is 37.5. The lowest BCUT2D eigenvalue weighted by Crippen LogP contribution is -2.06. The maximum atomic E-state index is 11.7. The monoisotopic (exact) mass is 638 g/mol. The minimum absolute atomic E-state index is 0.0434. The van der Waals surface area contributed by atoms with Crippen LogP contribution in [0.15, 0.2) is 78.8 Å². The zero-order chi connectivity index (χ0) is 32.3. The molecule has 0 aromatic heterocycles. The van der Waals surface area contributed by atoms with Gasteiger partial charge in [0.15, 0.2) is 0 Å². The number of benzene rings is 4. The Morgan fingerprint density at radius 2 is 1.14 bits per heavy atom. The number of aryl methyl sites for hydroxylation is 4. The standard InChI is InChI=1S/C28H30N8O6S2/c1-13-9-17(5-7-19(13)33-35-27-23(29)15(3)11-21(25(27)31)43-42-41-37)18-6-8-20(14(2)10-18)34-36-28-24(30)16(4)12-22(26(28)32)44(38,39)40/h5-12,37H,29-32H2,1-4H3,(H,38,39,40). The van der Waals surface area contributed by atoms with Crippen molar-refractivity contribution in [2.24, 2.45) is 20.5 Å². The molecule has 0 amide bonds. The molecule has 0 aliphatic carbocycles. The highest BCUT2D eigenvalue weighted by Crippen LogP contribution is 2.42. The molecule has 0 unspecified atom stereocenters. The average Bonchev–Trinajstić information content (AvgIpc) is 2.96. The van der Waals surface area contributed by atoms with Crippen LogP contribution in [-0.4, -0.2) is 18.2 Å². The largest absolute Gasteiger partial charge is 0.397 e. The lowest BCUT2D eigenvalue weighted by atomic mass is 10.0. The van der Waals surface area contributed by atoms with Gasteiger partial charge in [-0.05, 0) is 97.5 Å². The van der Waals surface area contributed by atoms with E-state index in [1.807, 2.05) is 44.2 Å². The number of hydrogen-bond donors (Lipinski definition) is 6. The number of nitrogens with zero attached hydrogens (tertiary/aromatic N) is 4. The number of hydrogen-bond acceptors (Lipinski definition) is 14. The van der Waals surface area contributed by atoms with Crippen LogP contribution in [0.4, 0.5) is 45.5 Å². The summed E-state index contributed by atoms with van der Waals surface area (Å²) in [6, 6.07) is 14.0. The molecule has 0 aliphatic heterocycles. The molecule has 0 atom stereocenters. The first-order chi connectivity index (χ1) is 20.7. The van der Waals surface area contributed by atoms with Crippen LogP contribution in [0.1, 0.15) is 22.3 Å². The number of rotatable bonds is 9. The van der Waals surface area contributed by atoms with Crippen molar-refractivity contribution in [2.45, 2.75) is 37.5 Å². The Hall–Kier alpha value is -4.58. The van der Waals surface area contributed by atoms with Gasteiger partial charge in [-0.1, -0.05) is 17.2 Å². The molecule has 0 fully saturated rings. The van der Waals surface area contributed by atoms with Gasteiger partial charge in [0.1, 0.15) is 16.3 Å². The van der Waals surface area contributed by atoms with E-state index in [2.05, 4.69) is 29.8 Å². The fourth-order valence-corrected chi connectivity index (χ4v) is 5.47. The van der Waals surface area contributed by atoms with Crippen LogP contribution >= 0.6 is 12.0 Å². The van der Waals surface area contributed by atoms with Gasteiger partial charge in [0.05, 0.1) is 51.1 Å². The normalized spacial score (nSPS) is 12.0. The Kier molecular flexibility index (Phi) is 9.53. The van der Waals surface area contributed by atoms with E-state index in [1.165, 1.54) is 6.07 Å². The first kappa shape index (κ1) is 32.3. The van der Waals surface area contributed by atoms with E-state index in [-0.39, 0.29) is 28.4 Å². The van der Waals surface area contributed by atoms with E-state index in [1.54, 1.807) is 26.0 Å². The first-order valence-electron chi connectivity index (χ1n) is 12.8. The smallest absolute Gasteiger partial charge is 0.296 e. The van der Waals surface area contributed by atoms with Crippen molar-refractivity contribution in [1.82, 2.24) is 0 Å². The minimum atomic E-state index is -4.58. The van der Waals surface area contributed by atoms with Gasteiger partial charge in [-0.3, -0.25) is 4.55 Å². The topological polar surface area (TPSA) is 247 Å². The maximum Gasteiger partial charge on any atom is 0.296 e. The molecule has 0 saturated heterocycles. The van der Waals surface area contributed by atoms with Crippen LogP contribution in [0.3, 0.4) is 0 Å². The van der Waals surface area contributed by atoms with Gasteiger partial charge in [0.25, 0.3) is 10.1 Å². The van der Waals surface area contributed by atoms with Crippen molar-refractivity contribution in [3.05, 3.63) is 70.8 Å². The molecule has 0 heterocycles. The molecule has 0 bridgehead atoms. The summed E-state index contributed by atoms with van der Waals surface area (Å²) >= 11 is 0.706. The van der Waals surface area contributed by atoms with E-state index in [0.29, 0.717) is 45.1 Å². The molecular formula is C28H30N8O6S2. The van der Waals surface area contributed by atoms with E-state index in [4.69, 9.17) is 28.2 Å². The third-order valence-electron chi connectivity index (χ3n) is 6.77.